The molecule has 1 aromatic rings. The Balaban J connectivity index is -0.000000689. The molecule has 104 valence electrons. The first-order chi connectivity index (χ1) is 8.25. The normalized spacial score (nSPS) is 10.2. The van der Waals surface area contributed by atoms with Gasteiger partial charge in [0.1, 0.15) is 10.1 Å². The van der Waals surface area contributed by atoms with Gasteiger partial charge in [0.2, 0.25) is 0 Å². The summed E-state index contributed by atoms with van der Waals surface area (Å²) in [7, 11) is -4.38. The van der Waals surface area contributed by atoms with Gasteiger partial charge in [0.05, 0.1) is 4.90 Å². The zero-order chi connectivity index (χ0) is 14.5. The van der Waals surface area contributed by atoms with Gasteiger partial charge in [-0.1, -0.05) is 39.8 Å². The summed E-state index contributed by atoms with van der Waals surface area (Å²) in [5.41, 5.74) is 1.60. The molecule has 0 aliphatic carbocycles. The molecule has 0 amide bonds. The van der Waals surface area contributed by atoms with Crippen LogP contribution in [0.2, 0.25) is 0 Å². The molecule has 0 aromatic heterocycles. The van der Waals surface area contributed by atoms with Crippen LogP contribution < -0.4 is 64.4 Å². The SMILES string of the molecule is CC(C)c1cccc(S(=O)(=O)[O-])c1C(C)C.[Na+].[Na+].[O-]O. The maximum Gasteiger partial charge on any atom is 1.00 e. The van der Waals surface area contributed by atoms with Gasteiger partial charge in [-0.2, -0.15) is 0 Å². The van der Waals surface area contributed by atoms with Gasteiger partial charge in [-0.05, 0) is 29.0 Å². The van der Waals surface area contributed by atoms with E-state index < -0.39 is 10.1 Å². The first-order valence-electron chi connectivity index (χ1n) is 5.52. The molecule has 8 heteroatoms. The molecule has 0 atom stereocenters. The van der Waals surface area contributed by atoms with Gasteiger partial charge < -0.3 is 15.1 Å². The van der Waals surface area contributed by atoms with Gasteiger partial charge in [-0.15, -0.1) is 0 Å². The molecular formula is C12H18Na2O5S. The van der Waals surface area contributed by atoms with Crippen LogP contribution in [0.4, 0.5) is 0 Å². The molecule has 1 aromatic carbocycles. The predicted molar refractivity (Wildman–Crippen MR) is 65.2 cm³/mol. The van der Waals surface area contributed by atoms with Gasteiger partial charge in [-0.25, -0.2) is 8.42 Å². The standard InChI is InChI=1S/C12H18O3S.2Na.H2O2/c1-8(2)10-6-5-7-11(16(13,14)15)12(10)9(3)4;;;1-2/h5-9H,1-4H3,(H,13,14,15);;;1-2H/q;2*+1;/p-2. The largest absolute Gasteiger partial charge is 1.00 e. The maximum absolute atomic E-state index is 11.2. The molecule has 0 saturated carbocycles. The van der Waals surface area contributed by atoms with Crippen molar-refractivity contribution in [2.75, 3.05) is 0 Å². The van der Waals surface area contributed by atoms with Crippen LogP contribution in [0.3, 0.4) is 0 Å². The smallest absolute Gasteiger partial charge is 0.744 e. The Kier molecular flexibility index (Phi) is 15.1. The van der Waals surface area contributed by atoms with Crippen LogP contribution in [0.1, 0.15) is 50.7 Å². The van der Waals surface area contributed by atoms with E-state index in [2.05, 4.69) is 0 Å². The summed E-state index contributed by atoms with van der Waals surface area (Å²) >= 11 is 0. The van der Waals surface area contributed by atoms with E-state index in [0.717, 1.165) is 5.56 Å². The Bertz CT molecular complexity index is 487. The molecule has 0 spiro atoms. The molecule has 0 heterocycles. The van der Waals surface area contributed by atoms with E-state index in [1.54, 1.807) is 6.07 Å². The minimum Gasteiger partial charge on any atom is -0.744 e. The van der Waals surface area contributed by atoms with Crippen LogP contribution in [0.15, 0.2) is 23.1 Å². The molecule has 0 bridgehead atoms. The molecule has 1 rings (SSSR count). The second-order valence-corrected chi connectivity index (χ2v) is 5.87. The fourth-order valence-electron chi connectivity index (χ4n) is 1.90. The Morgan fingerprint density at radius 3 is 1.75 bits per heavy atom. The Morgan fingerprint density at radius 1 is 1.00 bits per heavy atom. The average molecular weight is 320 g/mol. The molecule has 0 aliphatic heterocycles. The number of hydrogen-bond donors (Lipinski definition) is 1. The molecular weight excluding hydrogens is 302 g/mol. The van der Waals surface area contributed by atoms with Crippen LogP contribution in [-0.2, 0) is 10.1 Å². The Labute approximate surface area is 165 Å². The molecule has 0 radical (unpaired) electrons. The van der Waals surface area contributed by atoms with Crippen molar-refractivity contribution < 1.29 is 82.6 Å². The molecule has 0 fully saturated rings. The monoisotopic (exact) mass is 320 g/mol. The topological polar surface area (TPSA) is 100 Å². The Hall–Kier alpha value is 1.05. The third-order valence-corrected chi connectivity index (χ3v) is 3.46. The molecule has 5 nitrogen and oxygen atoms in total. The third-order valence-electron chi connectivity index (χ3n) is 2.57. The van der Waals surface area contributed by atoms with Crippen molar-refractivity contribution in [2.24, 2.45) is 0 Å². The summed E-state index contributed by atoms with van der Waals surface area (Å²) in [5, 5.41) is 13.0. The zero-order valence-corrected chi connectivity index (χ0v) is 17.7. The predicted octanol–water partition coefficient (Wildman–Crippen LogP) is -4.33. The van der Waals surface area contributed by atoms with Crippen molar-refractivity contribution in [3.05, 3.63) is 29.3 Å². The average Bonchev–Trinajstić information content (AvgIpc) is 2.29. The van der Waals surface area contributed by atoms with Crippen LogP contribution in [-0.4, -0.2) is 18.2 Å². The van der Waals surface area contributed by atoms with Gasteiger partial charge >= 0.3 is 59.1 Å². The second kappa shape index (κ2) is 11.6. The van der Waals surface area contributed by atoms with E-state index in [9.17, 15) is 13.0 Å². The quantitative estimate of drug-likeness (QED) is 0.263. The zero-order valence-electron chi connectivity index (χ0n) is 12.9. The van der Waals surface area contributed by atoms with Crippen LogP contribution in [0.5, 0.6) is 0 Å². The summed E-state index contributed by atoms with van der Waals surface area (Å²) in [4.78, 5) is -0.0753. The maximum atomic E-state index is 11.2. The molecule has 0 unspecified atom stereocenters. The van der Waals surface area contributed by atoms with E-state index in [-0.39, 0.29) is 75.8 Å². The fourth-order valence-corrected chi connectivity index (χ4v) is 2.77. The van der Waals surface area contributed by atoms with Crippen molar-refractivity contribution in [3.63, 3.8) is 0 Å². The van der Waals surface area contributed by atoms with Crippen molar-refractivity contribution in [3.8, 4) is 0 Å². The molecule has 0 aliphatic rings. The summed E-state index contributed by atoms with van der Waals surface area (Å²) in [6.07, 6.45) is 0. The van der Waals surface area contributed by atoms with Gasteiger partial charge in [-0.3, -0.25) is 0 Å². The summed E-state index contributed by atoms with van der Waals surface area (Å²) in [6, 6.07) is 4.91. The second-order valence-electron chi connectivity index (χ2n) is 4.52. The minimum absolute atomic E-state index is 0. The van der Waals surface area contributed by atoms with Crippen molar-refractivity contribution in [1.82, 2.24) is 0 Å². The van der Waals surface area contributed by atoms with Crippen LogP contribution in [0.25, 0.3) is 0 Å². The fraction of sp³-hybridized carbons (Fsp3) is 0.500. The number of rotatable bonds is 3. The van der Waals surface area contributed by atoms with Crippen molar-refractivity contribution >= 4 is 10.1 Å². The molecule has 0 saturated heterocycles. The number of benzene rings is 1. The van der Waals surface area contributed by atoms with Gasteiger partial charge in [0.25, 0.3) is 0 Å². The molecule has 20 heavy (non-hydrogen) atoms. The van der Waals surface area contributed by atoms with E-state index in [1.807, 2.05) is 33.8 Å². The van der Waals surface area contributed by atoms with E-state index in [0.29, 0.717) is 5.56 Å². The molecule has 1 N–H and O–H groups in total. The summed E-state index contributed by atoms with van der Waals surface area (Å²) in [5.74, 6) is 0.233. The van der Waals surface area contributed by atoms with Gasteiger partial charge in [0, 0.05) is 0 Å². The van der Waals surface area contributed by atoms with E-state index in [4.69, 9.17) is 10.5 Å². The van der Waals surface area contributed by atoms with Crippen molar-refractivity contribution in [2.45, 2.75) is 44.4 Å². The Morgan fingerprint density at radius 2 is 1.45 bits per heavy atom. The van der Waals surface area contributed by atoms with Crippen molar-refractivity contribution in [1.29, 1.82) is 0 Å². The summed E-state index contributed by atoms with van der Waals surface area (Å²) in [6.45, 7) is 7.77. The first-order valence-corrected chi connectivity index (χ1v) is 6.93. The summed E-state index contributed by atoms with van der Waals surface area (Å²) < 4.78 is 33.5. The minimum atomic E-state index is -4.38. The van der Waals surface area contributed by atoms with E-state index in [1.165, 1.54) is 6.07 Å². The third kappa shape index (κ3) is 7.35. The number of hydrogen-bond acceptors (Lipinski definition) is 5. The first kappa shape index (κ1) is 26.0. The van der Waals surface area contributed by atoms with E-state index >= 15 is 0 Å². The van der Waals surface area contributed by atoms with Gasteiger partial charge in [0.15, 0.2) is 0 Å². The van der Waals surface area contributed by atoms with Crippen LogP contribution in [0, 0.1) is 0 Å². The van der Waals surface area contributed by atoms with Crippen LogP contribution >= 0.6 is 0 Å².